The third-order valence-electron chi connectivity index (χ3n) is 4.78. The molecule has 0 bridgehead atoms. The van der Waals surface area contributed by atoms with E-state index in [2.05, 4.69) is 4.90 Å². The highest BCUT2D eigenvalue weighted by atomic mass is 19.4. The summed E-state index contributed by atoms with van der Waals surface area (Å²) in [6.45, 7) is 2.50. The van der Waals surface area contributed by atoms with Gasteiger partial charge >= 0.3 is 12.1 Å². The van der Waals surface area contributed by atoms with Crippen molar-refractivity contribution in [2.75, 3.05) is 38.2 Å². The molecule has 1 fully saturated rings. The van der Waals surface area contributed by atoms with Gasteiger partial charge in [0.05, 0.1) is 12.2 Å². The standard InChI is InChI=1S/C17H21F3N2O2/c1-3-24-16(23)11-4-5-14-12(8-11)13-9-21(2)7-6-15(13)22(14)10-17(18,19)20/h4-5,8,13,15H,3,6-7,9-10H2,1-2H3/t13-,15+/m1/s1. The highest BCUT2D eigenvalue weighted by molar-refractivity contribution is 5.90. The van der Waals surface area contributed by atoms with Gasteiger partial charge in [-0.25, -0.2) is 4.79 Å². The Hall–Kier alpha value is -1.76. The average molecular weight is 342 g/mol. The fourth-order valence-corrected chi connectivity index (χ4v) is 3.81. The molecule has 0 aromatic heterocycles. The Morgan fingerprint density at radius 2 is 2.12 bits per heavy atom. The number of carbonyl (C=O) groups excluding carboxylic acids is 1. The largest absolute Gasteiger partial charge is 0.462 e. The van der Waals surface area contributed by atoms with E-state index in [0.29, 0.717) is 24.2 Å². The molecule has 7 heteroatoms. The van der Waals surface area contributed by atoms with Crippen molar-refractivity contribution in [1.29, 1.82) is 0 Å². The fourth-order valence-electron chi connectivity index (χ4n) is 3.81. The zero-order chi connectivity index (χ0) is 17.5. The van der Waals surface area contributed by atoms with E-state index >= 15 is 0 Å². The molecule has 0 radical (unpaired) electrons. The van der Waals surface area contributed by atoms with E-state index in [4.69, 9.17) is 4.74 Å². The Labute approximate surface area is 139 Å². The Morgan fingerprint density at radius 3 is 2.79 bits per heavy atom. The van der Waals surface area contributed by atoms with Crippen LogP contribution in [-0.2, 0) is 4.74 Å². The van der Waals surface area contributed by atoms with E-state index in [9.17, 15) is 18.0 Å². The minimum atomic E-state index is -4.25. The Bertz CT molecular complexity index is 633. The Balaban J connectivity index is 1.98. The summed E-state index contributed by atoms with van der Waals surface area (Å²) in [4.78, 5) is 15.5. The summed E-state index contributed by atoms with van der Waals surface area (Å²) in [5.74, 6) is -0.453. The number of anilines is 1. The van der Waals surface area contributed by atoms with Gasteiger partial charge in [0.1, 0.15) is 6.54 Å². The van der Waals surface area contributed by atoms with Crippen LogP contribution in [0, 0.1) is 0 Å². The number of piperidine rings is 1. The summed E-state index contributed by atoms with van der Waals surface area (Å²) in [6.07, 6.45) is -3.57. The van der Waals surface area contributed by atoms with Crippen LogP contribution in [0.5, 0.6) is 0 Å². The number of carbonyl (C=O) groups is 1. The third-order valence-corrected chi connectivity index (χ3v) is 4.78. The number of benzene rings is 1. The molecule has 0 saturated carbocycles. The van der Waals surface area contributed by atoms with E-state index in [1.807, 2.05) is 7.05 Å². The number of likely N-dealkylation sites (N-methyl/N-ethyl adjacent to an activating group) is 1. The lowest BCUT2D eigenvalue weighted by Crippen LogP contribution is -2.47. The molecule has 0 unspecified atom stereocenters. The highest BCUT2D eigenvalue weighted by Crippen LogP contribution is 2.45. The summed E-state index contributed by atoms with van der Waals surface area (Å²) in [7, 11) is 1.97. The van der Waals surface area contributed by atoms with Gasteiger partial charge in [-0.1, -0.05) is 0 Å². The number of fused-ring (bicyclic) bond motifs is 3. The number of alkyl halides is 3. The van der Waals surface area contributed by atoms with Crippen molar-refractivity contribution >= 4 is 11.7 Å². The van der Waals surface area contributed by atoms with Gasteiger partial charge in [0, 0.05) is 24.2 Å². The van der Waals surface area contributed by atoms with Crippen molar-refractivity contribution < 1.29 is 22.7 Å². The highest BCUT2D eigenvalue weighted by Gasteiger charge is 2.45. The van der Waals surface area contributed by atoms with E-state index in [-0.39, 0.29) is 18.6 Å². The molecule has 3 rings (SSSR count). The fraction of sp³-hybridized carbons (Fsp3) is 0.588. The predicted octanol–water partition coefficient (Wildman–Crippen LogP) is 3.03. The number of rotatable bonds is 3. The smallest absolute Gasteiger partial charge is 0.405 e. The van der Waals surface area contributed by atoms with Gasteiger partial charge in [-0.05, 0) is 50.7 Å². The molecule has 0 N–H and O–H groups in total. The first kappa shape index (κ1) is 17.1. The molecule has 24 heavy (non-hydrogen) atoms. The first-order chi connectivity index (χ1) is 11.3. The molecule has 0 aliphatic carbocycles. The zero-order valence-corrected chi connectivity index (χ0v) is 13.8. The van der Waals surface area contributed by atoms with Crippen LogP contribution in [0.25, 0.3) is 0 Å². The van der Waals surface area contributed by atoms with E-state index in [1.165, 1.54) is 4.90 Å². The van der Waals surface area contributed by atoms with Crippen molar-refractivity contribution in [3.8, 4) is 0 Å². The van der Waals surface area contributed by atoms with E-state index < -0.39 is 18.7 Å². The second-order valence-corrected chi connectivity index (χ2v) is 6.46. The lowest BCUT2D eigenvalue weighted by molar-refractivity contribution is -0.120. The molecule has 132 valence electrons. The van der Waals surface area contributed by atoms with E-state index in [1.54, 1.807) is 25.1 Å². The number of esters is 1. The second-order valence-electron chi connectivity index (χ2n) is 6.46. The van der Waals surface area contributed by atoms with Crippen LogP contribution in [0.1, 0.15) is 35.2 Å². The van der Waals surface area contributed by atoms with Crippen molar-refractivity contribution in [1.82, 2.24) is 4.90 Å². The van der Waals surface area contributed by atoms with Crippen molar-refractivity contribution in [3.63, 3.8) is 0 Å². The maximum absolute atomic E-state index is 13.0. The van der Waals surface area contributed by atoms with Gasteiger partial charge in [0.25, 0.3) is 0 Å². The molecule has 0 spiro atoms. The van der Waals surface area contributed by atoms with Crippen molar-refractivity contribution in [3.05, 3.63) is 29.3 Å². The molecule has 2 atom stereocenters. The van der Waals surface area contributed by atoms with Crippen LogP contribution in [0.4, 0.5) is 18.9 Å². The summed E-state index contributed by atoms with van der Waals surface area (Å²) < 4.78 is 44.1. The van der Waals surface area contributed by atoms with Crippen LogP contribution in [-0.4, -0.2) is 56.4 Å². The van der Waals surface area contributed by atoms with Gasteiger partial charge in [0.15, 0.2) is 0 Å². The zero-order valence-electron chi connectivity index (χ0n) is 13.8. The first-order valence-electron chi connectivity index (χ1n) is 8.13. The lowest BCUT2D eigenvalue weighted by Gasteiger charge is -2.37. The van der Waals surface area contributed by atoms with Crippen LogP contribution in [0.3, 0.4) is 0 Å². The number of nitrogens with zero attached hydrogens (tertiary/aromatic N) is 2. The number of ether oxygens (including phenoxy) is 1. The van der Waals surface area contributed by atoms with E-state index in [0.717, 1.165) is 12.1 Å². The van der Waals surface area contributed by atoms with Crippen LogP contribution in [0.15, 0.2) is 18.2 Å². The summed E-state index contributed by atoms with van der Waals surface area (Å²) in [5.41, 5.74) is 1.81. The number of hydrogen-bond donors (Lipinski definition) is 0. The van der Waals surface area contributed by atoms with Crippen LogP contribution in [0.2, 0.25) is 0 Å². The second kappa shape index (κ2) is 6.27. The van der Waals surface area contributed by atoms with Crippen molar-refractivity contribution in [2.24, 2.45) is 0 Å². The molecule has 0 amide bonds. The van der Waals surface area contributed by atoms with Crippen LogP contribution < -0.4 is 4.90 Å². The van der Waals surface area contributed by atoms with Gasteiger partial charge in [-0.15, -0.1) is 0 Å². The minimum absolute atomic E-state index is 0.0181. The Kier molecular flexibility index (Phi) is 4.46. The molecule has 1 aromatic rings. The van der Waals surface area contributed by atoms with Gasteiger partial charge in [-0.3, -0.25) is 0 Å². The minimum Gasteiger partial charge on any atom is -0.462 e. The molecular weight excluding hydrogens is 321 g/mol. The summed E-state index contributed by atoms with van der Waals surface area (Å²) in [5, 5.41) is 0. The molecule has 1 saturated heterocycles. The molecule has 2 aliphatic heterocycles. The summed E-state index contributed by atoms with van der Waals surface area (Å²) >= 11 is 0. The lowest BCUT2D eigenvalue weighted by atomic mass is 9.88. The predicted molar refractivity (Wildman–Crippen MR) is 84.4 cm³/mol. The summed E-state index contributed by atoms with van der Waals surface area (Å²) in [6, 6.07) is 4.73. The third kappa shape index (κ3) is 3.22. The molecule has 4 nitrogen and oxygen atoms in total. The SMILES string of the molecule is CCOC(=O)c1ccc2c(c1)[C@H]1CN(C)CC[C@@H]1N2CC(F)(F)F. The van der Waals surface area contributed by atoms with Gasteiger partial charge in [0.2, 0.25) is 0 Å². The first-order valence-corrected chi connectivity index (χ1v) is 8.13. The molecular formula is C17H21F3N2O2. The maximum atomic E-state index is 13.0. The quantitative estimate of drug-likeness (QED) is 0.791. The molecule has 2 heterocycles. The van der Waals surface area contributed by atoms with Gasteiger partial charge in [-0.2, -0.15) is 13.2 Å². The Morgan fingerprint density at radius 1 is 1.38 bits per heavy atom. The topological polar surface area (TPSA) is 32.8 Å². The number of hydrogen-bond acceptors (Lipinski definition) is 4. The molecule has 1 aromatic carbocycles. The monoisotopic (exact) mass is 342 g/mol. The number of halogens is 3. The maximum Gasteiger partial charge on any atom is 0.405 e. The van der Waals surface area contributed by atoms with Crippen molar-refractivity contribution in [2.45, 2.75) is 31.5 Å². The number of likely N-dealkylation sites (tertiary alicyclic amines) is 1. The normalized spacial score (nSPS) is 23.8. The van der Waals surface area contributed by atoms with Gasteiger partial charge < -0.3 is 14.5 Å². The molecule has 2 aliphatic rings. The van der Waals surface area contributed by atoms with Crippen LogP contribution >= 0.6 is 0 Å². The average Bonchev–Trinajstić information content (AvgIpc) is 2.79.